The van der Waals surface area contributed by atoms with E-state index in [1.807, 2.05) is 13.8 Å². The van der Waals surface area contributed by atoms with Crippen LogP contribution in [0.4, 0.5) is 14.9 Å². The summed E-state index contributed by atoms with van der Waals surface area (Å²) in [5.41, 5.74) is 1.11. The van der Waals surface area contributed by atoms with Gasteiger partial charge in [-0.1, -0.05) is 20.3 Å². The molecule has 1 heterocycles. The number of nitrogens with one attached hydrogen (secondary N) is 2. The third-order valence-electron chi connectivity index (χ3n) is 5.15. The monoisotopic (exact) mass is 349 g/mol. The Labute approximate surface area is 146 Å². The number of carbonyl (C=O) groups excluding carboxylic acids is 2. The van der Waals surface area contributed by atoms with Gasteiger partial charge in [0.25, 0.3) is 0 Å². The summed E-state index contributed by atoms with van der Waals surface area (Å²) >= 11 is 0. The van der Waals surface area contributed by atoms with Gasteiger partial charge < -0.3 is 20.6 Å². The molecule has 7 heteroatoms. The molecule has 1 aliphatic heterocycles. The molecule has 0 aromatic heterocycles. The lowest BCUT2D eigenvalue weighted by atomic mass is 9.89. The quantitative estimate of drug-likeness (QED) is 0.783. The van der Waals surface area contributed by atoms with Crippen molar-refractivity contribution in [2.24, 2.45) is 5.92 Å². The maximum atomic E-state index is 13.6. The fourth-order valence-corrected chi connectivity index (χ4v) is 3.40. The number of rotatable bonds is 3. The Hall–Kier alpha value is -2.15. The Morgan fingerprint density at radius 2 is 2.20 bits per heavy atom. The normalized spacial score (nSPS) is 26.8. The van der Waals surface area contributed by atoms with Gasteiger partial charge in [0.15, 0.2) is 0 Å². The Morgan fingerprint density at radius 3 is 2.84 bits per heavy atom. The molecule has 1 fully saturated rings. The average Bonchev–Trinajstić information content (AvgIpc) is 2.68. The van der Waals surface area contributed by atoms with Gasteiger partial charge in [0.2, 0.25) is 5.91 Å². The van der Waals surface area contributed by atoms with Crippen molar-refractivity contribution in [3.05, 3.63) is 29.6 Å². The Kier molecular flexibility index (Phi) is 4.94. The molecule has 0 bridgehead atoms. The SMILES string of the molecule is CC[C@H](C)[C@H]1C(=O)Nc2ccc(F)cc2CN1C(=O)N[C@H]1C[C@H](O)C1. The Bertz CT molecular complexity index is 676. The summed E-state index contributed by atoms with van der Waals surface area (Å²) in [6.45, 7) is 4.05. The summed E-state index contributed by atoms with van der Waals surface area (Å²) in [4.78, 5) is 27.0. The second-order valence-corrected chi connectivity index (χ2v) is 7.02. The third-order valence-corrected chi connectivity index (χ3v) is 5.15. The smallest absolute Gasteiger partial charge is 0.318 e. The van der Waals surface area contributed by atoms with Gasteiger partial charge in [-0.15, -0.1) is 0 Å². The average molecular weight is 349 g/mol. The molecular formula is C18H24FN3O3. The van der Waals surface area contributed by atoms with Gasteiger partial charge in [-0.2, -0.15) is 0 Å². The maximum Gasteiger partial charge on any atom is 0.318 e. The first-order valence-electron chi connectivity index (χ1n) is 8.73. The first kappa shape index (κ1) is 17.7. The molecular weight excluding hydrogens is 325 g/mol. The van der Waals surface area contributed by atoms with Crippen LogP contribution in [-0.2, 0) is 11.3 Å². The Morgan fingerprint density at radius 1 is 1.48 bits per heavy atom. The van der Waals surface area contributed by atoms with Crippen LogP contribution in [0.15, 0.2) is 18.2 Å². The van der Waals surface area contributed by atoms with Gasteiger partial charge in [0.1, 0.15) is 11.9 Å². The summed E-state index contributed by atoms with van der Waals surface area (Å²) in [6.07, 6.45) is 1.39. The van der Waals surface area contributed by atoms with E-state index in [0.29, 0.717) is 24.1 Å². The fraction of sp³-hybridized carbons (Fsp3) is 0.556. The highest BCUT2D eigenvalue weighted by atomic mass is 19.1. The van der Waals surface area contributed by atoms with Crippen molar-refractivity contribution in [1.82, 2.24) is 10.2 Å². The number of carbonyl (C=O) groups is 2. The van der Waals surface area contributed by atoms with Gasteiger partial charge >= 0.3 is 6.03 Å². The molecule has 0 unspecified atom stereocenters. The van der Waals surface area contributed by atoms with E-state index >= 15 is 0 Å². The number of halogens is 1. The van der Waals surface area contributed by atoms with E-state index < -0.39 is 11.9 Å². The molecule has 1 aromatic rings. The minimum Gasteiger partial charge on any atom is -0.393 e. The van der Waals surface area contributed by atoms with Gasteiger partial charge in [0.05, 0.1) is 12.6 Å². The van der Waals surface area contributed by atoms with E-state index in [-0.39, 0.29) is 36.5 Å². The predicted octanol–water partition coefficient (Wildman–Crippen LogP) is 2.23. The number of nitrogens with zero attached hydrogens (tertiary/aromatic N) is 1. The summed E-state index contributed by atoms with van der Waals surface area (Å²) in [5.74, 6) is -0.710. The zero-order valence-electron chi connectivity index (χ0n) is 14.5. The van der Waals surface area contributed by atoms with Crippen LogP contribution in [0.2, 0.25) is 0 Å². The zero-order chi connectivity index (χ0) is 18.1. The molecule has 1 saturated carbocycles. The number of aliphatic hydroxyl groups excluding tert-OH is 1. The highest BCUT2D eigenvalue weighted by molar-refractivity contribution is 5.98. The minimum atomic E-state index is -0.634. The lowest BCUT2D eigenvalue weighted by molar-refractivity contribution is -0.122. The van der Waals surface area contributed by atoms with Crippen molar-refractivity contribution in [2.45, 2.75) is 57.8 Å². The van der Waals surface area contributed by atoms with E-state index in [9.17, 15) is 19.1 Å². The number of aliphatic hydroxyl groups is 1. The first-order valence-corrected chi connectivity index (χ1v) is 8.73. The van der Waals surface area contributed by atoms with Crippen molar-refractivity contribution < 1.29 is 19.1 Å². The van der Waals surface area contributed by atoms with Crippen molar-refractivity contribution >= 4 is 17.6 Å². The lowest BCUT2D eigenvalue weighted by Crippen LogP contribution is -2.56. The molecule has 0 saturated heterocycles. The number of hydrogen-bond donors (Lipinski definition) is 3. The van der Waals surface area contributed by atoms with Gasteiger partial charge in [-0.05, 0) is 42.5 Å². The van der Waals surface area contributed by atoms with Crippen molar-refractivity contribution in [3.8, 4) is 0 Å². The van der Waals surface area contributed by atoms with E-state index in [2.05, 4.69) is 10.6 Å². The van der Waals surface area contributed by atoms with Crippen LogP contribution in [0.3, 0.4) is 0 Å². The maximum absolute atomic E-state index is 13.6. The highest BCUT2D eigenvalue weighted by Crippen LogP contribution is 2.28. The summed E-state index contributed by atoms with van der Waals surface area (Å²) in [5, 5.41) is 15.1. The molecule has 3 rings (SSSR count). The Balaban J connectivity index is 1.88. The molecule has 2 aliphatic rings. The van der Waals surface area contributed by atoms with Crippen molar-refractivity contribution in [1.29, 1.82) is 0 Å². The predicted molar refractivity (Wildman–Crippen MR) is 91.4 cm³/mol. The minimum absolute atomic E-state index is 0.0445. The van der Waals surface area contributed by atoms with Gasteiger partial charge in [-0.3, -0.25) is 4.79 Å². The van der Waals surface area contributed by atoms with Crippen LogP contribution >= 0.6 is 0 Å². The topological polar surface area (TPSA) is 81.7 Å². The van der Waals surface area contributed by atoms with Crippen LogP contribution in [0.1, 0.15) is 38.7 Å². The van der Waals surface area contributed by atoms with Gasteiger partial charge in [0, 0.05) is 11.7 Å². The summed E-state index contributed by atoms with van der Waals surface area (Å²) < 4.78 is 13.6. The fourth-order valence-electron chi connectivity index (χ4n) is 3.40. The first-order chi connectivity index (χ1) is 11.9. The molecule has 3 amide bonds. The van der Waals surface area contributed by atoms with Crippen LogP contribution in [-0.4, -0.2) is 40.1 Å². The molecule has 6 nitrogen and oxygen atoms in total. The van der Waals surface area contributed by atoms with Gasteiger partial charge in [-0.25, -0.2) is 9.18 Å². The highest BCUT2D eigenvalue weighted by Gasteiger charge is 2.38. The molecule has 136 valence electrons. The van der Waals surface area contributed by atoms with E-state index in [1.54, 1.807) is 0 Å². The van der Waals surface area contributed by atoms with Crippen LogP contribution in [0.5, 0.6) is 0 Å². The lowest BCUT2D eigenvalue weighted by Gasteiger charge is -2.37. The van der Waals surface area contributed by atoms with Crippen molar-refractivity contribution in [3.63, 3.8) is 0 Å². The molecule has 2 atom stereocenters. The van der Waals surface area contributed by atoms with Crippen LogP contribution in [0, 0.1) is 11.7 Å². The number of hydrogen-bond acceptors (Lipinski definition) is 3. The number of fused-ring (bicyclic) bond motifs is 1. The molecule has 1 aliphatic carbocycles. The third kappa shape index (κ3) is 3.61. The molecule has 25 heavy (non-hydrogen) atoms. The standard InChI is InChI=1S/C18H24FN3O3/c1-3-10(2)16-17(24)21-15-5-4-12(19)6-11(15)9-22(16)18(25)20-13-7-14(23)8-13/h4-6,10,13-14,16,23H,3,7-9H2,1-2H3,(H,20,25)(H,21,24)/t10-,13-,14-,16-/m0/s1. The largest absolute Gasteiger partial charge is 0.393 e. The molecule has 1 aromatic carbocycles. The molecule has 3 N–H and O–H groups in total. The van der Waals surface area contributed by atoms with E-state index in [1.165, 1.54) is 23.1 Å². The number of amides is 3. The zero-order valence-corrected chi connectivity index (χ0v) is 14.5. The number of benzene rings is 1. The summed E-state index contributed by atoms with van der Waals surface area (Å²) in [6, 6.07) is 3.10. The summed E-state index contributed by atoms with van der Waals surface area (Å²) in [7, 11) is 0. The van der Waals surface area contributed by atoms with E-state index in [0.717, 1.165) is 6.42 Å². The number of anilines is 1. The van der Waals surface area contributed by atoms with E-state index in [4.69, 9.17) is 0 Å². The van der Waals surface area contributed by atoms with Crippen molar-refractivity contribution in [2.75, 3.05) is 5.32 Å². The molecule has 0 spiro atoms. The van der Waals surface area contributed by atoms with Crippen LogP contribution in [0.25, 0.3) is 0 Å². The van der Waals surface area contributed by atoms with Crippen LogP contribution < -0.4 is 10.6 Å². The second kappa shape index (κ2) is 7.00. The molecule has 0 radical (unpaired) electrons. The number of urea groups is 1. The second-order valence-electron chi connectivity index (χ2n) is 7.02.